The Labute approximate surface area is 76.6 Å². The van der Waals surface area contributed by atoms with Crippen molar-refractivity contribution in [1.29, 1.82) is 0 Å². The first-order valence-electron chi connectivity index (χ1n) is 4.43. The van der Waals surface area contributed by atoms with Gasteiger partial charge in [-0.3, -0.25) is 0 Å². The van der Waals surface area contributed by atoms with Crippen molar-refractivity contribution in [2.75, 3.05) is 18.0 Å². The lowest BCUT2D eigenvalue weighted by Gasteiger charge is -2.13. The minimum Gasteiger partial charge on any atom is -0.338 e. The Balaban J connectivity index is 2.13. The molecule has 0 aromatic carbocycles. The lowest BCUT2D eigenvalue weighted by atomic mass is 10.3. The van der Waals surface area contributed by atoms with Crippen LogP contribution < -0.4 is 4.90 Å². The van der Waals surface area contributed by atoms with Crippen LogP contribution in [0.25, 0.3) is 0 Å². The van der Waals surface area contributed by atoms with Crippen molar-refractivity contribution >= 4 is 5.95 Å². The van der Waals surface area contributed by atoms with Gasteiger partial charge in [-0.1, -0.05) is 0 Å². The van der Waals surface area contributed by atoms with Crippen molar-refractivity contribution in [1.82, 2.24) is 9.97 Å². The second-order valence-electron chi connectivity index (χ2n) is 3.39. The van der Waals surface area contributed by atoms with Gasteiger partial charge in [0.15, 0.2) is 0 Å². The van der Waals surface area contributed by atoms with Gasteiger partial charge in [0.2, 0.25) is 5.95 Å². The second-order valence-corrected chi connectivity index (χ2v) is 3.39. The third-order valence-electron chi connectivity index (χ3n) is 2.18. The predicted octanol–water partition coefficient (Wildman–Crippen LogP) is 1.33. The van der Waals surface area contributed by atoms with E-state index in [0.717, 1.165) is 12.1 Å². The number of anilines is 1. The summed E-state index contributed by atoms with van der Waals surface area (Å²) in [5.41, 5.74) is 1.03. The normalized spacial score (nSPS) is 22.3. The average molecular weight is 181 g/mol. The lowest BCUT2D eigenvalue weighted by Crippen LogP contribution is -2.22. The summed E-state index contributed by atoms with van der Waals surface area (Å²) in [7, 11) is 0. The second kappa shape index (κ2) is 3.28. The maximum Gasteiger partial charge on any atom is 0.225 e. The van der Waals surface area contributed by atoms with Gasteiger partial charge in [-0.15, -0.1) is 0 Å². The summed E-state index contributed by atoms with van der Waals surface area (Å²) < 4.78 is 12.8. The van der Waals surface area contributed by atoms with E-state index in [0.29, 0.717) is 18.9 Å². The van der Waals surface area contributed by atoms with E-state index in [4.69, 9.17) is 0 Å². The highest BCUT2D eigenvalue weighted by atomic mass is 19.1. The summed E-state index contributed by atoms with van der Waals surface area (Å²) in [5.74, 6) is 0.644. The minimum absolute atomic E-state index is 0.434. The van der Waals surface area contributed by atoms with Crippen LogP contribution >= 0.6 is 0 Å². The third-order valence-corrected chi connectivity index (χ3v) is 2.18. The molecule has 1 unspecified atom stereocenters. The fourth-order valence-electron chi connectivity index (χ4n) is 1.45. The first-order chi connectivity index (χ1) is 6.25. The summed E-state index contributed by atoms with van der Waals surface area (Å²) in [4.78, 5) is 10.2. The van der Waals surface area contributed by atoms with E-state index >= 15 is 0 Å². The zero-order valence-corrected chi connectivity index (χ0v) is 7.57. The molecule has 0 saturated carbocycles. The Hall–Kier alpha value is -1.19. The van der Waals surface area contributed by atoms with Crippen LogP contribution in [0.2, 0.25) is 0 Å². The van der Waals surface area contributed by atoms with E-state index in [9.17, 15) is 4.39 Å². The van der Waals surface area contributed by atoms with E-state index in [1.807, 2.05) is 11.8 Å². The molecule has 0 bridgehead atoms. The number of alkyl halides is 1. The van der Waals surface area contributed by atoms with Gasteiger partial charge in [0.1, 0.15) is 6.17 Å². The van der Waals surface area contributed by atoms with Gasteiger partial charge in [0.05, 0.1) is 6.54 Å². The molecule has 13 heavy (non-hydrogen) atoms. The molecule has 0 radical (unpaired) electrons. The van der Waals surface area contributed by atoms with Crippen LogP contribution in [0.4, 0.5) is 10.3 Å². The first kappa shape index (κ1) is 8.41. The Kier molecular flexibility index (Phi) is 2.12. The molecule has 0 N–H and O–H groups in total. The molecule has 2 heterocycles. The molecular formula is C9H12FN3. The molecule has 0 aliphatic carbocycles. The molecule has 1 saturated heterocycles. The summed E-state index contributed by atoms with van der Waals surface area (Å²) in [6, 6.07) is 0. The Morgan fingerprint density at radius 1 is 1.46 bits per heavy atom. The topological polar surface area (TPSA) is 29.0 Å². The lowest BCUT2D eigenvalue weighted by molar-refractivity contribution is 0.364. The summed E-state index contributed by atoms with van der Waals surface area (Å²) in [6.45, 7) is 3.10. The number of nitrogens with zero attached hydrogens (tertiary/aromatic N) is 3. The number of aromatic nitrogens is 2. The van der Waals surface area contributed by atoms with Crippen molar-refractivity contribution < 1.29 is 4.39 Å². The molecule has 1 aromatic heterocycles. The fraction of sp³-hybridized carbons (Fsp3) is 0.556. The molecule has 1 atom stereocenters. The van der Waals surface area contributed by atoms with E-state index in [2.05, 4.69) is 9.97 Å². The zero-order chi connectivity index (χ0) is 9.26. The Bertz CT molecular complexity index is 285. The van der Waals surface area contributed by atoms with E-state index in [1.54, 1.807) is 12.4 Å². The number of rotatable bonds is 1. The van der Waals surface area contributed by atoms with Gasteiger partial charge in [0.25, 0.3) is 0 Å². The Morgan fingerprint density at radius 3 is 2.69 bits per heavy atom. The van der Waals surface area contributed by atoms with Gasteiger partial charge >= 0.3 is 0 Å². The van der Waals surface area contributed by atoms with Crippen LogP contribution in [0, 0.1) is 6.92 Å². The number of halogens is 1. The maximum atomic E-state index is 12.8. The van der Waals surface area contributed by atoms with Gasteiger partial charge in [-0.05, 0) is 18.9 Å². The molecule has 0 spiro atoms. The summed E-state index contributed by atoms with van der Waals surface area (Å²) in [5, 5.41) is 0. The molecule has 70 valence electrons. The highest BCUT2D eigenvalue weighted by Gasteiger charge is 2.23. The smallest absolute Gasteiger partial charge is 0.225 e. The Morgan fingerprint density at radius 2 is 2.15 bits per heavy atom. The quantitative estimate of drug-likeness (QED) is 0.654. The highest BCUT2D eigenvalue weighted by Crippen LogP contribution is 2.17. The molecule has 0 amide bonds. The highest BCUT2D eigenvalue weighted by molar-refractivity contribution is 5.31. The van der Waals surface area contributed by atoms with Crippen LogP contribution in [-0.4, -0.2) is 29.2 Å². The van der Waals surface area contributed by atoms with Crippen LogP contribution in [0.15, 0.2) is 12.4 Å². The number of aryl methyl sites for hydroxylation is 1. The molecule has 2 rings (SSSR count). The van der Waals surface area contributed by atoms with Crippen molar-refractivity contribution in [3.05, 3.63) is 18.0 Å². The minimum atomic E-state index is -0.718. The average Bonchev–Trinajstić information content (AvgIpc) is 2.53. The van der Waals surface area contributed by atoms with Crippen LogP contribution in [0.3, 0.4) is 0 Å². The molecule has 1 aliphatic heterocycles. The van der Waals surface area contributed by atoms with Gasteiger partial charge in [-0.2, -0.15) is 0 Å². The zero-order valence-electron chi connectivity index (χ0n) is 7.57. The van der Waals surface area contributed by atoms with Crippen LogP contribution in [0.5, 0.6) is 0 Å². The standard InChI is InChI=1S/C9H12FN3/c1-7-4-11-9(12-5-7)13-3-2-8(10)6-13/h4-5,8H,2-3,6H2,1H3. The van der Waals surface area contributed by atoms with E-state index < -0.39 is 6.17 Å². The van der Waals surface area contributed by atoms with E-state index in [-0.39, 0.29) is 0 Å². The largest absolute Gasteiger partial charge is 0.338 e. The van der Waals surface area contributed by atoms with Crippen molar-refractivity contribution in [2.45, 2.75) is 19.5 Å². The third kappa shape index (κ3) is 1.76. The first-order valence-corrected chi connectivity index (χ1v) is 4.43. The summed E-state index contributed by atoms with van der Waals surface area (Å²) >= 11 is 0. The predicted molar refractivity (Wildman–Crippen MR) is 48.5 cm³/mol. The molecule has 1 fully saturated rings. The van der Waals surface area contributed by atoms with E-state index in [1.165, 1.54) is 0 Å². The SMILES string of the molecule is Cc1cnc(N2CCC(F)C2)nc1. The van der Waals surface area contributed by atoms with Crippen molar-refractivity contribution in [2.24, 2.45) is 0 Å². The van der Waals surface area contributed by atoms with Crippen LogP contribution in [0.1, 0.15) is 12.0 Å². The number of hydrogen-bond donors (Lipinski definition) is 0. The fourth-order valence-corrected chi connectivity index (χ4v) is 1.45. The van der Waals surface area contributed by atoms with Crippen LogP contribution in [-0.2, 0) is 0 Å². The van der Waals surface area contributed by atoms with Gasteiger partial charge in [0, 0.05) is 18.9 Å². The summed E-state index contributed by atoms with van der Waals surface area (Å²) in [6.07, 6.45) is 3.39. The molecular weight excluding hydrogens is 169 g/mol. The number of hydrogen-bond acceptors (Lipinski definition) is 3. The van der Waals surface area contributed by atoms with Crippen molar-refractivity contribution in [3.63, 3.8) is 0 Å². The molecule has 4 heteroatoms. The monoisotopic (exact) mass is 181 g/mol. The maximum absolute atomic E-state index is 12.8. The van der Waals surface area contributed by atoms with Gasteiger partial charge in [-0.25, -0.2) is 14.4 Å². The molecule has 1 aliphatic rings. The molecule has 1 aromatic rings. The van der Waals surface area contributed by atoms with Crippen molar-refractivity contribution in [3.8, 4) is 0 Å². The van der Waals surface area contributed by atoms with Gasteiger partial charge < -0.3 is 4.90 Å². The molecule has 3 nitrogen and oxygen atoms in total.